The van der Waals surface area contributed by atoms with E-state index < -0.39 is 33.6 Å². The first kappa shape index (κ1) is 25.8. The highest BCUT2D eigenvalue weighted by Gasteiger charge is 2.73. The van der Waals surface area contributed by atoms with Gasteiger partial charge in [-0.1, -0.05) is 43.7 Å². The lowest BCUT2D eigenvalue weighted by Crippen LogP contribution is -2.69. The van der Waals surface area contributed by atoms with Gasteiger partial charge in [-0.15, -0.1) is 24.5 Å². The van der Waals surface area contributed by atoms with E-state index in [2.05, 4.69) is 19.2 Å². The first-order chi connectivity index (χ1) is 16.0. The Morgan fingerprint density at radius 1 is 1.15 bits per heavy atom. The Hall–Kier alpha value is -2.79. The molecule has 1 heterocycles. The molecule has 0 aromatic carbocycles. The summed E-state index contributed by atoms with van der Waals surface area (Å²) in [6, 6.07) is 3.75. The van der Waals surface area contributed by atoms with Crippen molar-refractivity contribution in [3.05, 3.63) is 76.8 Å². The normalized spacial score (nSPS) is 29.8. The summed E-state index contributed by atoms with van der Waals surface area (Å²) in [5.74, 6) is -2.02. The van der Waals surface area contributed by atoms with Crippen molar-refractivity contribution >= 4 is 34.8 Å². The van der Waals surface area contributed by atoms with E-state index in [1.165, 1.54) is 17.4 Å². The van der Waals surface area contributed by atoms with Gasteiger partial charge >= 0.3 is 0 Å². The largest absolute Gasteiger partial charge is 0.507 e. The number of hydrogen-bond donors (Lipinski definition) is 1. The van der Waals surface area contributed by atoms with Crippen LogP contribution in [-0.2, 0) is 14.4 Å². The molecule has 1 aromatic heterocycles. The van der Waals surface area contributed by atoms with Crippen LogP contribution < -0.4 is 0 Å². The fourth-order valence-corrected chi connectivity index (χ4v) is 6.38. The predicted molar refractivity (Wildman–Crippen MR) is 138 cm³/mol. The fourth-order valence-electron chi connectivity index (χ4n) is 5.76. The quantitative estimate of drug-likeness (QED) is 0.146. The van der Waals surface area contributed by atoms with Gasteiger partial charge in [0.1, 0.15) is 16.7 Å². The second-order valence-corrected chi connectivity index (χ2v) is 11.2. The lowest BCUT2D eigenvalue weighted by molar-refractivity contribution is -0.176. The van der Waals surface area contributed by atoms with E-state index in [9.17, 15) is 19.5 Å². The smallest absolute Gasteiger partial charge is 0.184 e. The number of carbonyl (C=O) groups excluding carboxylic acids is 3. The Labute approximate surface area is 206 Å². The van der Waals surface area contributed by atoms with Gasteiger partial charge < -0.3 is 5.11 Å². The Balaban J connectivity index is 2.29. The third-order valence-corrected chi connectivity index (χ3v) is 8.61. The van der Waals surface area contributed by atoms with E-state index in [0.29, 0.717) is 12.8 Å². The maximum Gasteiger partial charge on any atom is 0.184 e. The zero-order chi connectivity index (χ0) is 25.3. The maximum atomic E-state index is 14.2. The molecular weight excluding hydrogens is 444 g/mol. The number of fused-ring (bicyclic) bond motifs is 2. The van der Waals surface area contributed by atoms with Gasteiger partial charge in [0, 0.05) is 4.88 Å². The molecule has 2 saturated carbocycles. The summed E-state index contributed by atoms with van der Waals surface area (Å²) < 4.78 is 0. The van der Waals surface area contributed by atoms with Crippen LogP contribution in [0.2, 0.25) is 0 Å². The molecule has 0 saturated heterocycles. The number of ketones is 3. The molecule has 1 N–H and O–H groups in total. The van der Waals surface area contributed by atoms with Gasteiger partial charge in [-0.2, -0.15) is 0 Å². The lowest BCUT2D eigenvalue weighted by atomic mass is 9.39. The topological polar surface area (TPSA) is 71.4 Å². The monoisotopic (exact) mass is 478 g/mol. The molecular formula is C29H34O4S. The molecule has 0 aliphatic heterocycles. The Bertz CT molecular complexity index is 1110. The van der Waals surface area contributed by atoms with Crippen molar-refractivity contribution in [2.24, 2.45) is 22.2 Å². The molecule has 2 fully saturated rings. The maximum absolute atomic E-state index is 14.2. The molecule has 1 aromatic rings. The van der Waals surface area contributed by atoms with Gasteiger partial charge in [-0.3, -0.25) is 14.4 Å². The summed E-state index contributed by atoms with van der Waals surface area (Å²) in [5, 5.41) is 12.9. The summed E-state index contributed by atoms with van der Waals surface area (Å²) >= 11 is 1.48. The highest BCUT2D eigenvalue weighted by molar-refractivity contribution is 7.10. The van der Waals surface area contributed by atoms with Crippen molar-refractivity contribution in [3.63, 3.8) is 0 Å². The third kappa shape index (κ3) is 3.80. The minimum atomic E-state index is -1.48. The Morgan fingerprint density at radius 3 is 2.38 bits per heavy atom. The molecule has 34 heavy (non-hydrogen) atoms. The van der Waals surface area contributed by atoms with Crippen molar-refractivity contribution in [2.75, 3.05) is 0 Å². The van der Waals surface area contributed by atoms with Gasteiger partial charge in [0.15, 0.2) is 17.3 Å². The number of allylic oxidation sites excluding steroid dienone is 6. The zero-order valence-corrected chi connectivity index (χ0v) is 21.3. The number of aliphatic hydroxyl groups is 1. The van der Waals surface area contributed by atoms with Crippen molar-refractivity contribution in [1.82, 2.24) is 0 Å². The van der Waals surface area contributed by atoms with E-state index >= 15 is 0 Å². The first-order valence-electron chi connectivity index (χ1n) is 11.6. The van der Waals surface area contributed by atoms with Crippen molar-refractivity contribution in [2.45, 2.75) is 53.4 Å². The Morgan fingerprint density at radius 2 is 1.82 bits per heavy atom. The molecule has 4 nitrogen and oxygen atoms in total. The molecule has 3 rings (SSSR count). The molecule has 2 aliphatic carbocycles. The van der Waals surface area contributed by atoms with Gasteiger partial charge in [-0.05, 0) is 74.5 Å². The number of hydrogen-bond acceptors (Lipinski definition) is 5. The van der Waals surface area contributed by atoms with Gasteiger partial charge in [-0.25, -0.2) is 0 Å². The molecule has 0 amide bonds. The second-order valence-electron chi connectivity index (χ2n) is 10.2. The Kier molecular flexibility index (Phi) is 7.18. The van der Waals surface area contributed by atoms with Gasteiger partial charge in [0.05, 0.1) is 5.41 Å². The highest BCUT2D eigenvalue weighted by Crippen LogP contribution is 2.65. The summed E-state index contributed by atoms with van der Waals surface area (Å²) in [5.41, 5.74) is -2.79. The predicted octanol–water partition coefficient (Wildman–Crippen LogP) is 6.82. The number of aliphatic hydroxyl groups excluding tert-OH is 1. The number of thiophene rings is 1. The van der Waals surface area contributed by atoms with Crippen LogP contribution in [0, 0.1) is 22.2 Å². The number of Topliss-reactive ketones (excluding diaryl/α,β-unsaturated/α-hetero) is 3. The SMILES string of the molecule is C=CC[C@@]12C[C@@H](CC=C(C)C)C(C)(C)[C@@](CC=C)(C(=O)C(=C(O)/C=C/c3cccs3)C1=O)C2=O. The molecule has 2 aliphatic rings. The van der Waals surface area contributed by atoms with Gasteiger partial charge in [0.25, 0.3) is 0 Å². The summed E-state index contributed by atoms with van der Waals surface area (Å²) in [6.45, 7) is 15.6. The van der Waals surface area contributed by atoms with Gasteiger partial charge in [0.2, 0.25) is 0 Å². The first-order valence-corrected chi connectivity index (χ1v) is 12.5. The van der Waals surface area contributed by atoms with Crippen molar-refractivity contribution in [3.8, 4) is 0 Å². The fraction of sp³-hybridized carbons (Fsp3) is 0.414. The van der Waals surface area contributed by atoms with Crippen LogP contribution in [0.3, 0.4) is 0 Å². The van der Waals surface area contributed by atoms with Crippen LogP contribution in [0.5, 0.6) is 0 Å². The molecule has 0 radical (unpaired) electrons. The van der Waals surface area contributed by atoms with E-state index in [-0.39, 0.29) is 30.1 Å². The van der Waals surface area contributed by atoms with E-state index in [1.54, 1.807) is 18.2 Å². The molecule has 180 valence electrons. The van der Waals surface area contributed by atoms with Crippen LogP contribution in [0.4, 0.5) is 0 Å². The highest BCUT2D eigenvalue weighted by atomic mass is 32.1. The van der Waals surface area contributed by atoms with Crippen LogP contribution in [0.1, 0.15) is 58.3 Å². The van der Waals surface area contributed by atoms with E-state index in [0.717, 1.165) is 10.5 Å². The zero-order valence-electron chi connectivity index (χ0n) is 20.5. The van der Waals surface area contributed by atoms with Crippen LogP contribution in [0.15, 0.2) is 71.9 Å². The lowest BCUT2D eigenvalue weighted by Gasteiger charge is -2.60. The van der Waals surface area contributed by atoms with Crippen molar-refractivity contribution < 1.29 is 19.5 Å². The van der Waals surface area contributed by atoms with E-state index in [4.69, 9.17) is 0 Å². The molecule has 3 atom stereocenters. The minimum Gasteiger partial charge on any atom is -0.507 e. The standard InChI is InChI=1S/C29H34O4S/c1-7-15-28-18-20(12-11-19(3)4)27(5,6)29(16-8-2,26(28)33)25(32)23(24(28)31)22(30)14-13-21-10-9-17-34-21/h7-11,13-14,17,20,30H,1-2,12,15-16,18H2,3-6H3/b14-13+,23-22?/t20-,28-,29+/m1/s1. The molecule has 0 spiro atoms. The number of rotatable bonds is 8. The molecule has 2 bridgehead atoms. The van der Waals surface area contributed by atoms with Crippen LogP contribution in [0.25, 0.3) is 6.08 Å². The average molecular weight is 479 g/mol. The summed E-state index contributed by atoms with van der Waals surface area (Å²) in [4.78, 5) is 43.1. The molecule has 0 unspecified atom stereocenters. The second kappa shape index (κ2) is 9.46. The van der Waals surface area contributed by atoms with E-state index in [1.807, 2.05) is 45.2 Å². The van der Waals surface area contributed by atoms with Crippen LogP contribution in [-0.4, -0.2) is 22.5 Å². The average Bonchev–Trinajstić information content (AvgIpc) is 3.29. The van der Waals surface area contributed by atoms with Crippen molar-refractivity contribution in [1.29, 1.82) is 0 Å². The minimum absolute atomic E-state index is 0.0850. The van der Waals surface area contributed by atoms with Crippen LogP contribution >= 0.6 is 11.3 Å². The summed E-state index contributed by atoms with van der Waals surface area (Å²) in [7, 11) is 0. The summed E-state index contributed by atoms with van der Waals surface area (Å²) in [6.07, 6.45) is 9.54. The molecule has 5 heteroatoms. The third-order valence-electron chi connectivity index (χ3n) is 7.77. The number of carbonyl (C=O) groups is 3.